The zero-order valence-corrected chi connectivity index (χ0v) is 16.7. The number of nitrogens with zero attached hydrogens (tertiary/aromatic N) is 4. The fourth-order valence-electron chi connectivity index (χ4n) is 4.38. The molecule has 0 bridgehead atoms. The van der Waals surface area contributed by atoms with Crippen LogP contribution in [-0.4, -0.2) is 58.0 Å². The summed E-state index contributed by atoms with van der Waals surface area (Å²) >= 11 is 0. The highest BCUT2D eigenvalue weighted by molar-refractivity contribution is 5.94. The van der Waals surface area contributed by atoms with E-state index in [4.69, 9.17) is 4.98 Å². The first-order valence-corrected chi connectivity index (χ1v) is 10.5. The molecule has 1 fully saturated rings. The number of carbonyl (C=O) groups is 1. The van der Waals surface area contributed by atoms with E-state index in [9.17, 15) is 9.18 Å². The highest BCUT2D eigenvalue weighted by atomic mass is 19.1. The van der Waals surface area contributed by atoms with E-state index in [0.29, 0.717) is 5.69 Å². The van der Waals surface area contributed by atoms with Crippen molar-refractivity contribution in [1.82, 2.24) is 19.4 Å². The molecule has 1 aromatic heterocycles. The van der Waals surface area contributed by atoms with Crippen LogP contribution in [0.15, 0.2) is 24.3 Å². The summed E-state index contributed by atoms with van der Waals surface area (Å²) in [5, 5.41) is 0. The Morgan fingerprint density at radius 1 is 1.11 bits per heavy atom. The van der Waals surface area contributed by atoms with Gasteiger partial charge in [0, 0.05) is 38.3 Å². The molecule has 0 atom stereocenters. The molecule has 4 rings (SSSR count). The van der Waals surface area contributed by atoms with Crippen LogP contribution in [0.2, 0.25) is 0 Å². The van der Waals surface area contributed by atoms with Crippen molar-refractivity contribution in [3.8, 4) is 11.4 Å². The van der Waals surface area contributed by atoms with Gasteiger partial charge in [-0.1, -0.05) is 25.5 Å². The van der Waals surface area contributed by atoms with E-state index in [1.165, 1.54) is 12.1 Å². The summed E-state index contributed by atoms with van der Waals surface area (Å²) in [6.07, 6.45) is 5.28. The normalized spacial score (nSPS) is 18.0. The van der Waals surface area contributed by atoms with Crippen LogP contribution < -0.4 is 0 Å². The Labute approximate surface area is 166 Å². The summed E-state index contributed by atoms with van der Waals surface area (Å²) in [5.41, 5.74) is 2.35. The second-order valence-electron chi connectivity index (χ2n) is 7.84. The van der Waals surface area contributed by atoms with Crippen molar-refractivity contribution in [3.05, 3.63) is 41.5 Å². The summed E-state index contributed by atoms with van der Waals surface area (Å²) in [5.74, 6) is 0.484. The molecule has 0 spiro atoms. The van der Waals surface area contributed by atoms with Crippen LogP contribution in [0.4, 0.5) is 4.39 Å². The van der Waals surface area contributed by atoms with Gasteiger partial charge in [0.25, 0.3) is 5.91 Å². The molecular weight excluding hydrogens is 355 g/mol. The van der Waals surface area contributed by atoms with E-state index in [1.54, 1.807) is 6.07 Å². The molecule has 0 unspecified atom stereocenters. The van der Waals surface area contributed by atoms with Crippen LogP contribution in [0.25, 0.3) is 11.4 Å². The van der Waals surface area contributed by atoms with Gasteiger partial charge in [-0.25, -0.2) is 9.37 Å². The van der Waals surface area contributed by atoms with Gasteiger partial charge < -0.3 is 9.47 Å². The maximum absolute atomic E-state index is 13.8. The maximum Gasteiger partial charge on any atom is 0.274 e. The molecule has 2 aliphatic heterocycles. The molecule has 0 aliphatic carbocycles. The van der Waals surface area contributed by atoms with Crippen LogP contribution in [-0.2, 0) is 13.0 Å². The zero-order valence-electron chi connectivity index (χ0n) is 16.7. The Morgan fingerprint density at radius 3 is 2.68 bits per heavy atom. The van der Waals surface area contributed by atoms with Gasteiger partial charge in [-0.15, -0.1) is 0 Å². The molecule has 2 aliphatic rings. The minimum absolute atomic E-state index is 0.0319. The van der Waals surface area contributed by atoms with Gasteiger partial charge in [-0.3, -0.25) is 9.69 Å². The molecule has 28 heavy (non-hydrogen) atoms. The Morgan fingerprint density at radius 2 is 1.93 bits per heavy atom. The summed E-state index contributed by atoms with van der Waals surface area (Å²) in [4.78, 5) is 22.4. The molecule has 150 valence electrons. The van der Waals surface area contributed by atoms with Crippen LogP contribution >= 0.6 is 0 Å². The summed E-state index contributed by atoms with van der Waals surface area (Å²) in [6, 6.07) is 6.54. The van der Waals surface area contributed by atoms with E-state index in [0.717, 1.165) is 88.5 Å². The lowest BCUT2D eigenvalue weighted by atomic mass is 10.1. The van der Waals surface area contributed by atoms with E-state index >= 15 is 0 Å². The average molecular weight is 384 g/mol. The zero-order chi connectivity index (χ0) is 19.5. The largest absolute Gasteiger partial charge is 0.335 e. The number of halogens is 1. The molecule has 2 aromatic rings. The number of carbonyl (C=O) groups excluding carboxylic acids is 1. The predicted octanol–water partition coefficient (Wildman–Crippen LogP) is 3.58. The third kappa shape index (κ3) is 3.83. The van der Waals surface area contributed by atoms with Crippen LogP contribution in [0.1, 0.15) is 48.8 Å². The molecular formula is C22H29FN4O. The molecule has 3 heterocycles. The highest BCUT2D eigenvalue weighted by Crippen LogP contribution is 2.28. The number of aromatic nitrogens is 2. The fourth-order valence-corrected chi connectivity index (χ4v) is 4.38. The second-order valence-corrected chi connectivity index (χ2v) is 7.84. The first-order chi connectivity index (χ1) is 13.7. The average Bonchev–Trinajstić information content (AvgIpc) is 2.89. The van der Waals surface area contributed by atoms with Crippen molar-refractivity contribution < 1.29 is 9.18 Å². The SMILES string of the molecule is CCCN1CCN(C(=O)c2nc(-c3cccc(F)c3)n3c2CCCCC3)CC1. The topological polar surface area (TPSA) is 41.4 Å². The summed E-state index contributed by atoms with van der Waals surface area (Å²) < 4.78 is 16.0. The molecule has 1 saturated heterocycles. The Bertz CT molecular complexity index is 839. The minimum Gasteiger partial charge on any atom is -0.335 e. The van der Waals surface area contributed by atoms with Crippen LogP contribution in [0, 0.1) is 5.82 Å². The molecule has 0 radical (unpaired) electrons. The Balaban J connectivity index is 1.64. The van der Waals surface area contributed by atoms with E-state index in [1.807, 2.05) is 11.0 Å². The van der Waals surface area contributed by atoms with E-state index < -0.39 is 0 Å². The number of imidazole rings is 1. The molecule has 0 saturated carbocycles. The smallest absolute Gasteiger partial charge is 0.274 e. The number of hydrogen-bond donors (Lipinski definition) is 0. The Kier molecular flexibility index (Phi) is 5.76. The van der Waals surface area contributed by atoms with Crippen molar-refractivity contribution in [1.29, 1.82) is 0 Å². The third-order valence-electron chi connectivity index (χ3n) is 5.85. The van der Waals surface area contributed by atoms with Gasteiger partial charge in [0.15, 0.2) is 0 Å². The fraction of sp³-hybridized carbons (Fsp3) is 0.545. The van der Waals surface area contributed by atoms with Gasteiger partial charge in [-0.05, 0) is 44.4 Å². The number of amides is 1. The van der Waals surface area contributed by atoms with Gasteiger partial charge in [0.1, 0.15) is 17.3 Å². The van der Waals surface area contributed by atoms with Gasteiger partial charge in [0.2, 0.25) is 0 Å². The number of fused-ring (bicyclic) bond motifs is 1. The van der Waals surface area contributed by atoms with E-state index in [-0.39, 0.29) is 11.7 Å². The second kappa shape index (κ2) is 8.43. The molecule has 6 heteroatoms. The molecule has 1 amide bonds. The molecule has 1 aromatic carbocycles. The molecule has 0 N–H and O–H groups in total. The monoisotopic (exact) mass is 384 g/mol. The van der Waals surface area contributed by atoms with Gasteiger partial charge in [-0.2, -0.15) is 0 Å². The highest BCUT2D eigenvalue weighted by Gasteiger charge is 2.29. The van der Waals surface area contributed by atoms with Crippen molar-refractivity contribution in [2.75, 3.05) is 32.7 Å². The first-order valence-electron chi connectivity index (χ1n) is 10.5. The maximum atomic E-state index is 13.8. The quantitative estimate of drug-likeness (QED) is 0.809. The van der Waals surface area contributed by atoms with E-state index in [2.05, 4.69) is 16.4 Å². The Hall–Kier alpha value is -2.21. The lowest BCUT2D eigenvalue weighted by molar-refractivity contribution is 0.0631. The first kappa shape index (κ1) is 19.1. The van der Waals surface area contributed by atoms with Crippen molar-refractivity contribution in [3.63, 3.8) is 0 Å². The van der Waals surface area contributed by atoms with Crippen molar-refractivity contribution in [2.24, 2.45) is 0 Å². The predicted molar refractivity (Wildman–Crippen MR) is 108 cm³/mol. The van der Waals surface area contributed by atoms with Crippen LogP contribution in [0.5, 0.6) is 0 Å². The van der Waals surface area contributed by atoms with Gasteiger partial charge in [0.05, 0.1) is 5.69 Å². The van der Waals surface area contributed by atoms with Crippen molar-refractivity contribution in [2.45, 2.75) is 45.6 Å². The van der Waals surface area contributed by atoms with Crippen LogP contribution in [0.3, 0.4) is 0 Å². The van der Waals surface area contributed by atoms with Crippen molar-refractivity contribution >= 4 is 5.91 Å². The third-order valence-corrected chi connectivity index (χ3v) is 5.85. The number of piperazine rings is 1. The summed E-state index contributed by atoms with van der Waals surface area (Å²) in [6.45, 7) is 7.46. The van der Waals surface area contributed by atoms with Gasteiger partial charge >= 0.3 is 0 Å². The number of hydrogen-bond acceptors (Lipinski definition) is 3. The lowest BCUT2D eigenvalue weighted by Gasteiger charge is -2.34. The lowest BCUT2D eigenvalue weighted by Crippen LogP contribution is -2.49. The number of benzene rings is 1. The number of rotatable bonds is 4. The minimum atomic E-state index is -0.275. The molecule has 5 nitrogen and oxygen atoms in total. The standard InChI is InChI=1S/C22H29FN4O/c1-2-10-25-12-14-26(15-13-25)22(28)20-19-9-4-3-5-11-27(19)21(24-20)17-7-6-8-18(23)16-17/h6-8,16H,2-5,9-15H2,1H3. The summed E-state index contributed by atoms with van der Waals surface area (Å²) in [7, 11) is 0.